The predicted octanol–water partition coefficient (Wildman–Crippen LogP) is 2.38. The molecular formula is C16H23NO3S2. The molecule has 0 spiro atoms. The fraction of sp³-hybridized carbons (Fsp3) is 0.562. The number of carbonyl (C=O) groups is 1. The van der Waals surface area contributed by atoms with E-state index >= 15 is 0 Å². The van der Waals surface area contributed by atoms with Gasteiger partial charge >= 0.3 is 0 Å². The summed E-state index contributed by atoms with van der Waals surface area (Å²) >= 11 is 1.79. The average Bonchev–Trinajstić information content (AvgIpc) is 2.90. The van der Waals surface area contributed by atoms with E-state index in [1.807, 2.05) is 24.3 Å². The highest BCUT2D eigenvalue weighted by Gasteiger charge is 2.32. The first kappa shape index (κ1) is 17.3. The molecule has 22 heavy (non-hydrogen) atoms. The highest BCUT2D eigenvalue weighted by Crippen LogP contribution is 2.23. The second kappa shape index (κ2) is 7.04. The molecule has 1 aromatic rings. The number of rotatable bonds is 5. The predicted molar refractivity (Wildman–Crippen MR) is 91.0 cm³/mol. The lowest BCUT2D eigenvalue weighted by molar-refractivity contribution is -0.129. The van der Waals surface area contributed by atoms with Crippen LogP contribution in [-0.4, -0.2) is 49.1 Å². The summed E-state index contributed by atoms with van der Waals surface area (Å²) in [4.78, 5) is 15.1. The van der Waals surface area contributed by atoms with Crippen molar-refractivity contribution < 1.29 is 13.2 Å². The molecule has 0 aromatic heterocycles. The van der Waals surface area contributed by atoms with Gasteiger partial charge in [0.1, 0.15) is 0 Å². The average molecular weight is 341 g/mol. The van der Waals surface area contributed by atoms with Crippen LogP contribution in [0.15, 0.2) is 29.2 Å². The van der Waals surface area contributed by atoms with Gasteiger partial charge in [0.05, 0.1) is 11.7 Å². The molecule has 2 rings (SSSR count). The molecule has 1 fully saturated rings. The summed E-state index contributed by atoms with van der Waals surface area (Å²) in [6, 6.07) is 8.03. The summed E-state index contributed by atoms with van der Waals surface area (Å²) in [5.74, 6) is 0.00964. The molecule has 0 radical (unpaired) electrons. The largest absolute Gasteiger partial charge is 0.341 e. The number of thioether (sulfide) groups is 1. The SMILES string of the molecule is CC(C)Sc1ccc(CC(=O)N2CCC(S(C)(=O)=O)C2)cc1. The maximum atomic E-state index is 12.3. The first-order valence-electron chi connectivity index (χ1n) is 7.48. The van der Waals surface area contributed by atoms with E-state index in [9.17, 15) is 13.2 Å². The third-order valence-corrected chi connectivity index (χ3v) is 6.37. The molecule has 1 unspecified atom stereocenters. The van der Waals surface area contributed by atoms with Crippen LogP contribution >= 0.6 is 11.8 Å². The van der Waals surface area contributed by atoms with Gasteiger partial charge in [0, 0.05) is 29.5 Å². The molecule has 0 aliphatic carbocycles. The normalized spacial score (nSPS) is 18.9. The number of benzene rings is 1. The minimum atomic E-state index is -3.06. The number of nitrogens with zero attached hydrogens (tertiary/aromatic N) is 1. The van der Waals surface area contributed by atoms with Crippen molar-refractivity contribution in [3.05, 3.63) is 29.8 Å². The van der Waals surface area contributed by atoms with Crippen molar-refractivity contribution >= 4 is 27.5 Å². The van der Waals surface area contributed by atoms with E-state index in [2.05, 4.69) is 13.8 Å². The van der Waals surface area contributed by atoms with Crippen LogP contribution in [0.1, 0.15) is 25.8 Å². The zero-order chi connectivity index (χ0) is 16.3. The van der Waals surface area contributed by atoms with Crippen molar-refractivity contribution in [1.82, 2.24) is 4.90 Å². The van der Waals surface area contributed by atoms with E-state index in [4.69, 9.17) is 0 Å². The fourth-order valence-corrected chi connectivity index (χ4v) is 4.37. The third kappa shape index (κ3) is 4.74. The molecule has 1 saturated heterocycles. The Morgan fingerprint density at radius 2 is 1.95 bits per heavy atom. The van der Waals surface area contributed by atoms with Gasteiger partial charge in [-0.2, -0.15) is 0 Å². The molecule has 0 bridgehead atoms. The number of carbonyl (C=O) groups excluding carboxylic acids is 1. The van der Waals surface area contributed by atoms with E-state index in [-0.39, 0.29) is 5.91 Å². The van der Waals surface area contributed by atoms with Crippen LogP contribution < -0.4 is 0 Å². The van der Waals surface area contributed by atoms with Crippen LogP contribution in [0, 0.1) is 0 Å². The van der Waals surface area contributed by atoms with Crippen molar-refractivity contribution in [2.24, 2.45) is 0 Å². The molecule has 1 amide bonds. The van der Waals surface area contributed by atoms with Gasteiger partial charge in [-0.25, -0.2) is 8.42 Å². The lowest BCUT2D eigenvalue weighted by atomic mass is 10.1. The zero-order valence-corrected chi connectivity index (χ0v) is 14.9. The Morgan fingerprint density at radius 3 is 2.45 bits per heavy atom. The van der Waals surface area contributed by atoms with E-state index in [1.54, 1.807) is 16.7 Å². The standard InChI is InChI=1S/C16H23NO3S2/c1-12(2)21-14-6-4-13(5-7-14)10-16(18)17-9-8-15(11-17)22(3,19)20/h4-7,12,15H,8-11H2,1-3H3. The number of hydrogen-bond donors (Lipinski definition) is 0. The van der Waals surface area contributed by atoms with Crippen LogP contribution in [-0.2, 0) is 21.1 Å². The Hall–Kier alpha value is -1.01. The quantitative estimate of drug-likeness (QED) is 0.772. The Bertz CT molecular complexity index is 623. The number of sulfone groups is 1. The maximum absolute atomic E-state index is 12.3. The van der Waals surface area contributed by atoms with Crippen LogP contribution in [0.3, 0.4) is 0 Å². The van der Waals surface area contributed by atoms with E-state index in [0.29, 0.717) is 31.2 Å². The second-order valence-electron chi connectivity index (χ2n) is 6.07. The maximum Gasteiger partial charge on any atom is 0.227 e. The van der Waals surface area contributed by atoms with Crippen molar-refractivity contribution in [1.29, 1.82) is 0 Å². The summed E-state index contributed by atoms with van der Waals surface area (Å²) in [5.41, 5.74) is 0.973. The van der Waals surface area contributed by atoms with Crippen LogP contribution in [0.25, 0.3) is 0 Å². The van der Waals surface area contributed by atoms with Crippen LogP contribution in [0.4, 0.5) is 0 Å². The van der Waals surface area contributed by atoms with Gasteiger partial charge < -0.3 is 4.90 Å². The van der Waals surface area contributed by atoms with Crippen molar-refractivity contribution in [2.75, 3.05) is 19.3 Å². The summed E-state index contributed by atoms with van der Waals surface area (Å²) in [5, 5.41) is 0.131. The molecule has 1 heterocycles. The Balaban J connectivity index is 1.92. The molecule has 1 atom stereocenters. The van der Waals surface area contributed by atoms with Gasteiger partial charge in [-0.1, -0.05) is 26.0 Å². The monoisotopic (exact) mass is 341 g/mol. The molecule has 0 N–H and O–H groups in total. The van der Waals surface area contributed by atoms with E-state index in [1.165, 1.54) is 11.2 Å². The summed E-state index contributed by atoms with van der Waals surface area (Å²) < 4.78 is 23.1. The topological polar surface area (TPSA) is 54.5 Å². The summed E-state index contributed by atoms with van der Waals surface area (Å²) in [6.07, 6.45) is 2.13. The van der Waals surface area contributed by atoms with Crippen molar-refractivity contribution in [3.8, 4) is 0 Å². The third-order valence-electron chi connectivity index (χ3n) is 3.75. The lowest BCUT2D eigenvalue weighted by Gasteiger charge is -2.16. The minimum absolute atomic E-state index is 0.00964. The first-order chi connectivity index (χ1) is 10.3. The molecular weight excluding hydrogens is 318 g/mol. The highest BCUT2D eigenvalue weighted by atomic mass is 32.2. The van der Waals surface area contributed by atoms with Gasteiger partial charge in [0.25, 0.3) is 0 Å². The molecule has 1 aliphatic rings. The first-order valence-corrected chi connectivity index (χ1v) is 10.3. The Morgan fingerprint density at radius 1 is 1.32 bits per heavy atom. The van der Waals surface area contributed by atoms with Crippen LogP contribution in [0.2, 0.25) is 0 Å². The van der Waals surface area contributed by atoms with E-state index < -0.39 is 15.1 Å². The molecule has 1 aliphatic heterocycles. The van der Waals surface area contributed by atoms with Crippen molar-refractivity contribution in [3.63, 3.8) is 0 Å². The molecule has 4 nitrogen and oxygen atoms in total. The van der Waals surface area contributed by atoms with Crippen LogP contribution in [0.5, 0.6) is 0 Å². The Labute approximate surface area is 137 Å². The minimum Gasteiger partial charge on any atom is -0.341 e. The summed E-state index contributed by atoms with van der Waals surface area (Å²) in [6.45, 7) is 5.16. The number of likely N-dealkylation sites (tertiary alicyclic amines) is 1. The highest BCUT2D eigenvalue weighted by molar-refractivity contribution is 7.99. The molecule has 1 aromatic carbocycles. The van der Waals surface area contributed by atoms with Gasteiger partial charge in [0.15, 0.2) is 9.84 Å². The fourth-order valence-electron chi connectivity index (χ4n) is 2.55. The zero-order valence-electron chi connectivity index (χ0n) is 13.3. The van der Waals surface area contributed by atoms with Crippen molar-refractivity contribution in [2.45, 2.75) is 42.1 Å². The van der Waals surface area contributed by atoms with Gasteiger partial charge in [-0.15, -0.1) is 11.8 Å². The van der Waals surface area contributed by atoms with Gasteiger partial charge in [-0.05, 0) is 24.1 Å². The molecule has 122 valence electrons. The summed E-state index contributed by atoms with van der Waals surface area (Å²) in [7, 11) is -3.06. The van der Waals surface area contributed by atoms with E-state index in [0.717, 1.165) is 5.56 Å². The lowest BCUT2D eigenvalue weighted by Crippen LogP contribution is -2.32. The molecule has 0 saturated carbocycles. The Kier molecular flexibility index (Phi) is 5.55. The van der Waals surface area contributed by atoms with Gasteiger partial charge in [0.2, 0.25) is 5.91 Å². The number of hydrogen-bond acceptors (Lipinski definition) is 4. The smallest absolute Gasteiger partial charge is 0.227 e. The second-order valence-corrected chi connectivity index (χ2v) is 10.0. The van der Waals surface area contributed by atoms with Gasteiger partial charge in [-0.3, -0.25) is 4.79 Å². The molecule has 6 heteroatoms. The number of amides is 1.